The summed E-state index contributed by atoms with van der Waals surface area (Å²) in [5.74, 6) is -1.35. The van der Waals surface area contributed by atoms with E-state index in [1.54, 1.807) is 24.3 Å². The minimum Gasteiger partial charge on any atom is -0.296 e. The van der Waals surface area contributed by atoms with Gasteiger partial charge in [-0.05, 0) is 35.9 Å². The van der Waals surface area contributed by atoms with E-state index >= 15 is 0 Å². The van der Waals surface area contributed by atoms with Crippen molar-refractivity contribution in [3.05, 3.63) is 105 Å². The minimum atomic E-state index is -1.43. The molecule has 1 aliphatic carbocycles. The largest absolute Gasteiger partial charge is 0.296 e. The molecule has 7 heteroatoms. The fraction of sp³-hybridized carbons (Fsp3) is 0.231. The molecule has 0 aromatic heterocycles. The molecule has 0 radical (unpaired) electrons. The fourth-order valence-electron chi connectivity index (χ4n) is 4.96. The predicted octanol–water partition coefficient (Wildman–Crippen LogP) is 4.82. The van der Waals surface area contributed by atoms with Crippen molar-refractivity contribution >= 4 is 27.5 Å². The molecule has 3 aromatic rings. The number of hydrogen-bond donors (Lipinski definition) is 0. The lowest BCUT2D eigenvalue weighted by molar-refractivity contribution is 0.0277. The number of fused-ring (bicyclic) bond motifs is 1. The maximum atomic E-state index is 14.1. The normalized spacial score (nSPS) is 18.5. The molecule has 4 nitrogen and oxygen atoms in total. The molecule has 1 fully saturated rings. The summed E-state index contributed by atoms with van der Waals surface area (Å²) in [5, 5.41) is 0. The van der Waals surface area contributed by atoms with Crippen LogP contribution in [0.4, 0.5) is 8.78 Å². The molecule has 168 valence electrons. The zero-order valence-corrected chi connectivity index (χ0v) is 19.3. The van der Waals surface area contributed by atoms with Gasteiger partial charge in [-0.1, -0.05) is 52.3 Å². The van der Waals surface area contributed by atoms with Gasteiger partial charge in [-0.15, -0.1) is 0 Å². The summed E-state index contributed by atoms with van der Waals surface area (Å²) in [6.07, 6.45) is 0. The molecule has 0 atom stereocenters. The Morgan fingerprint density at radius 3 is 2.12 bits per heavy atom. The summed E-state index contributed by atoms with van der Waals surface area (Å²) < 4.78 is 28.5. The number of Topliss-reactive ketones (excluding diaryl/α,β-unsaturated/α-hetero) is 2. The number of nitrogens with zero attached hydrogens (tertiary/aromatic N) is 2. The zero-order valence-electron chi connectivity index (χ0n) is 17.7. The Hall–Kier alpha value is -2.74. The molecule has 33 heavy (non-hydrogen) atoms. The van der Waals surface area contributed by atoms with Crippen LogP contribution in [-0.2, 0) is 12.1 Å². The molecule has 0 saturated carbocycles. The number of rotatable bonds is 4. The SMILES string of the molecule is O=C1c2ccccc2C(=O)C1(c1cccc(Br)c1)N1CCN(Cc2cc(F)ccc2F)CC1. The van der Waals surface area contributed by atoms with Gasteiger partial charge in [0, 0.05) is 53.9 Å². The lowest BCUT2D eigenvalue weighted by Gasteiger charge is -2.44. The van der Waals surface area contributed by atoms with Gasteiger partial charge < -0.3 is 0 Å². The number of ketones is 2. The third-order valence-corrected chi connectivity index (χ3v) is 7.06. The predicted molar refractivity (Wildman–Crippen MR) is 124 cm³/mol. The van der Waals surface area contributed by atoms with Gasteiger partial charge in [0.25, 0.3) is 0 Å². The molecule has 0 N–H and O–H groups in total. The maximum absolute atomic E-state index is 14.1. The van der Waals surface area contributed by atoms with Crippen molar-refractivity contribution in [2.75, 3.05) is 26.2 Å². The quantitative estimate of drug-likeness (QED) is 0.472. The van der Waals surface area contributed by atoms with Crippen LogP contribution in [0.25, 0.3) is 0 Å². The van der Waals surface area contributed by atoms with Gasteiger partial charge in [0.15, 0.2) is 17.1 Å². The number of hydrogen-bond acceptors (Lipinski definition) is 4. The van der Waals surface area contributed by atoms with Gasteiger partial charge in [0.2, 0.25) is 0 Å². The molecule has 3 aromatic carbocycles. The maximum Gasteiger partial charge on any atom is 0.196 e. The Bertz CT molecular complexity index is 1220. The van der Waals surface area contributed by atoms with Gasteiger partial charge in [-0.2, -0.15) is 0 Å². The molecule has 2 aliphatic rings. The molecule has 0 amide bonds. The highest BCUT2D eigenvalue weighted by atomic mass is 79.9. The third kappa shape index (κ3) is 3.64. The summed E-state index contributed by atoms with van der Waals surface area (Å²) in [6.45, 7) is 2.18. The van der Waals surface area contributed by atoms with Crippen LogP contribution in [0.1, 0.15) is 31.8 Å². The van der Waals surface area contributed by atoms with E-state index in [4.69, 9.17) is 0 Å². The first-order valence-electron chi connectivity index (χ1n) is 10.8. The molecule has 5 rings (SSSR count). The lowest BCUT2D eigenvalue weighted by Crippen LogP contribution is -2.60. The van der Waals surface area contributed by atoms with E-state index in [2.05, 4.69) is 15.9 Å². The van der Waals surface area contributed by atoms with Crippen LogP contribution in [-0.4, -0.2) is 47.5 Å². The van der Waals surface area contributed by atoms with Crippen molar-refractivity contribution < 1.29 is 18.4 Å². The molecule has 0 unspecified atom stereocenters. The standard InChI is InChI=1S/C26H21BrF2N2O2/c27-19-5-3-4-18(15-19)26(24(32)21-6-1-2-7-22(21)25(26)33)31-12-10-30(11-13-31)16-17-14-20(28)8-9-23(17)29/h1-9,14-15H,10-13,16H2. The van der Waals surface area contributed by atoms with Crippen LogP contribution >= 0.6 is 15.9 Å². The van der Waals surface area contributed by atoms with Crippen LogP contribution in [0.2, 0.25) is 0 Å². The van der Waals surface area contributed by atoms with Crippen LogP contribution in [0.15, 0.2) is 71.2 Å². The smallest absolute Gasteiger partial charge is 0.196 e. The summed E-state index contributed by atoms with van der Waals surface area (Å²) in [5.41, 5.74) is 0.376. The molecule has 0 spiro atoms. The van der Waals surface area contributed by atoms with E-state index in [1.165, 1.54) is 6.07 Å². The zero-order chi connectivity index (χ0) is 23.2. The van der Waals surface area contributed by atoms with Gasteiger partial charge in [-0.3, -0.25) is 19.4 Å². The number of piperazine rings is 1. The highest BCUT2D eigenvalue weighted by Crippen LogP contribution is 2.43. The molecular formula is C26H21BrF2N2O2. The van der Waals surface area contributed by atoms with Crippen molar-refractivity contribution in [1.29, 1.82) is 0 Å². The van der Waals surface area contributed by atoms with Gasteiger partial charge >= 0.3 is 0 Å². The van der Waals surface area contributed by atoms with E-state index in [0.717, 1.165) is 16.6 Å². The molecule has 1 heterocycles. The van der Waals surface area contributed by atoms with Gasteiger partial charge in [0.05, 0.1) is 0 Å². The van der Waals surface area contributed by atoms with Gasteiger partial charge in [0.1, 0.15) is 11.6 Å². The first-order chi connectivity index (χ1) is 15.9. The second-order valence-corrected chi connectivity index (χ2v) is 9.34. The molecule has 1 aliphatic heterocycles. The molecule has 1 saturated heterocycles. The van der Waals surface area contributed by atoms with Crippen molar-refractivity contribution in [1.82, 2.24) is 9.80 Å². The summed E-state index contributed by atoms with van der Waals surface area (Å²) in [6, 6.07) is 17.7. The van der Waals surface area contributed by atoms with Crippen LogP contribution in [0.5, 0.6) is 0 Å². The topological polar surface area (TPSA) is 40.6 Å². The molecular weight excluding hydrogens is 490 g/mol. The van der Waals surface area contributed by atoms with Crippen molar-refractivity contribution in [3.8, 4) is 0 Å². The average molecular weight is 511 g/mol. The van der Waals surface area contributed by atoms with Crippen molar-refractivity contribution in [2.24, 2.45) is 0 Å². The number of carbonyl (C=O) groups excluding carboxylic acids is 2. The van der Waals surface area contributed by atoms with Gasteiger partial charge in [-0.25, -0.2) is 8.78 Å². The Morgan fingerprint density at radius 1 is 0.818 bits per heavy atom. The Balaban J connectivity index is 1.47. The van der Waals surface area contributed by atoms with E-state index in [1.807, 2.05) is 34.1 Å². The monoisotopic (exact) mass is 510 g/mol. The van der Waals surface area contributed by atoms with Crippen molar-refractivity contribution in [3.63, 3.8) is 0 Å². The number of carbonyl (C=O) groups is 2. The van der Waals surface area contributed by atoms with E-state index < -0.39 is 17.2 Å². The second kappa shape index (κ2) is 8.56. The molecule has 0 bridgehead atoms. The van der Waals surface area contributed by atoms with Crippen LogP contribution in [0.3, 0.4) is 0 Å². The average Bonchev–Trinajstić information content (AvgIpc) is 3.05. The highest BCUT2D eigenvalue weighted by Gasteiger charge is 2.58. The first kappa shape index (κ1) is 22.1. The summed E-state index contributed by atoms with van der Waals surface area (Å²) in [4.78, 5) is 31.6. The van der Waals surface area contributed by atoms with Crippen molar-refractivity contribution in [2.45, 2.75) is 12.1 Å². The highest BCUT2D eigenvalue weighted by molar-refractivity contribution is 9.10. The number of halogens is 3. The summed E-state index contributed by atoms with van der Waals surface area (Å²) in [7, 11) is 0. The summed E-state index contributed by atoms with van der Waals surface area (Å²) >= 11 is 3.48. The minimum absolute atomic E-state index is 0.217. The Labute approximate surface area is 198 Å². The Morgan fingerprint density at radius 2 is 1.48 bits per heavy atom. The van der Waals surface area contributed by atoms with E-state index in [0.29, 0.717) is 48.4 Å². The number of benzene rings is 3. The van der Waals surface area contributed by atoms with Crippen LogP contribution in [0, 0.1) is 11.6 Å². The first-order valence-corrected chi connectivity index (χ1v) is 11.6. The second-order valence-electron chi connectivity index (χ2n) is 8.42. The van der Waals surface area contributed by atoms with E-state index in [-0.39, 0.29) is 18.1 Å². The third-order valence-electron chi connectivity index (χ3n) is 6.56. The van der Waals surface area contributed by atoms with E-state index in [9.17, 15) is 18.4 Å². The van der Waals surface area contributed by atoms with Crippen LogP contribution < -0.4 is 0 Å². The fourth-order valence-corrected chi connectivity index (χ4v) is 5.36. The Kier molecular flexibility index (Phi) is 5.72. The lowest BCUT2D eigenvalue weighted by atomic mass is 9.82.